The van der Waals surface area contributed by atoms with Crippen molar-refractivity contribution in [3.05, 3.63) is 42.7 Å². The standard InChI is InChI=1S/C25H27N7O2S2/c1-34-21-12-18-19(13-20(21)33)29-23-22(18)24(27-14-26-23)31-8-10-32(11-9-31)25(35)28-15-2-4-16(5-3-15)30-36-17-6-7-17/h2-5,12-14,17,30,33H,6-11H2,1H3,(H,28,35)(H,26,27,29). The molecule has 0 spiro atoms. The number of ether oxygens (including phenoxy) is 1. The molecule has 11 heteroatoms. The molecule has 0 radical (unpaired) electrons. The fourth-order valence-corrected chi connectivity index (χ4v) is 5.52. The zero-order valence-corrected chi connectivity index (χ0v) is 21.5. The lowest BCUT2D eigenvalue weighted by atomic mass is 10.1. The molecule has 0 atom stereocenters. The van der Waals surface area contributed by atoms with Crippen LogP contribution in [0.1, 0.15) is 12.8 Å². The summed E-state index contributed by atoms with van der Waals surface area (Å²) in [6.07, 6.45) is 4.19. The van der Waals surface area contributed by atoms with Gasteiger partial charge in [0.25, 0.3) is 0 Å². The number of nitrogens with zero attached hydrogens (tertiary/aromatic N) is 4. The van der Waals surface area contributed by atoms with E-state index in [9.17, 15) is 5.11 Å². The molecule has 2 aromatic heterocycles. The average Bonchev–Trinajstić information content (AvgIpc) is 3.67. The maximum absolute atomic E-state index is 10.2. The van der Waals surface area contributed by atoms with Gasteiger partial charge < -0.3 is 34.7 Å². The summed E-state index contributed by atoms with van der Waals surface area (Å²) in [5.74, 6) is 1.37. The van der Waals surface area contributed by atoms with Crippen molar-refractivity contribution in [2.75, 3.05) is 48.2 Å². The number of aromatic hydroxyl groups is 1. The molecule has 4 aromatic rings. The number of methoxy groups -OCH3 is 1. The van der Waals surface area contributed by atoms with Crippen molar-refractivity contribution < 1.29 is 9.84 Å². The van der Waals surface area contributed by atoms with E-state index in [4.69, 9.17) is 17.0 Å². The number of thiocarbonyl (C=S) groups is 1. The van der Waals surface area contributed by atoms with E-state index in [1.54, 1.807) is 31.5 Å². The molecule has 1 aliphatic heterocycles. The molecular formula is C25H27N7O2S2. The van der Waals surface area contributed by atoms with E-state index in [-0.39, 0.29) is 5.75 Å². The quantitative estimate of drug-likeness (QED) is 0.213. The molecule has 2 fully saturated rings. The summed E-state index contributed by atoms with van der Waals surface area (Å²) in [6, 6.07) is 11.8. The largest absolute Gasteiger partial charge is 0.504 e. The predicted octanol–water partition coefficient (Wildman–Crippen LogP) is 4.57. The Morgan fingerprint density at radius 1 is 1.11 bits per heavy atom. The van der Waals surface area contributed by atoms with Crippen LogP contribution in [0.15, 0.2) is 42.7 Å². The van der Waals surface area contributed by atoms with Gasteiger partial charge in [0.15, 0.2) is 16.6 Å². The number of benzene rings is 2. The number of hydrogen-bond donors (Lipinski definition) is 4. The molecule has 4 N–H and O–H groups in total. The number of nitrogens with one attached hydrogen (secondary N) is 3. The summed E-state index contributed by atoms with van der Waals surface area (Å²) >= 11 is 7.52. The Bertz CT molecular complexity index is 1410. The topological polar surface area (TPSA) is 102 Å². The number of H-pyrrole nitrogens is 1. The molecule has 1 aliphatic carbocycles. The second-order valence-corrected chi connectivity index (χ2v) is 10.5. The van der Waals surface area contributed by atoms with Gasteiger partial charge in [-0.15, -0.1) is 0 Å². The highest BCUT2D eigenvalue weighted by Gasteiger charge is 2.24. The summed E-state index contributed by atoms with van der Waals surface area (Å²) in [7, 11) is 1.54. The summed E-state index contributed by atoms with van der Waals surface area (Å²) in [5.41, 5.74) is 3.62. The normalized spacial score (nSPS) is 15.9. The lowest BCUT2D eigenvalue weighted by Gasteiger charge is -2.37. The lowest BCUT2D eigenvalue weighted by molar-refractivity contribution is 0.374. The minimum Gasteiger partial charge on any atom is -0.504 e. The van der Waals surface area contributed by atoms with Crippen LogP contribution in [-0.2, 0) is 0 Å². The first-order chi connectivity index (χ1) is 17.6. The molecule has 1 saturated heterocycles. The summed E-state index contributed by atoms with van der Waals surface area (Å²) < 4.78 is 8.74. The van der Waals surface area contributed by atoms with Crippen LogP contribution >= 0.6 is 24.2 Å². The Kier molecular flexibility index (Phi) is 6.10. The van der Waals surface area contributed by atoms with Crippen LogP contribution in [-0.4, -0.2) is 68.6 Å². The first-order valence-electron chi connectivity index (χ1n) is 11.9. The molecule has 1 saturated carbocycles. The molecule has 2 aromatic carbocycles. The zero-order valence-electron chi connectivity index (χ0n) is 19.8. The van der Waals surface area contributed by atoms with Crippen LogP contribution in [0.25, 0.3) is 21.9 Å². The van der Waals surface area contributed by atoms with E-state index in [1.807, 2.05) is 6.07 Å². The lowest BCUT2D eigenvalue weighted by Crippen LogP contribution is -2.50. The Labute approximate surface area is 218 Å². The van der Waals surface area contributed by atoms with Crippen molar-refractivity contribution in [3.8, 4) is 11.5 Å². The van der Waals surface area contributed by atoms with Crippen molar-refractivity contribution in [2.45, 2.75) is 18.1 Å². The number of aromatic nitrogens is 3. The van der Waals surface area contributed by atoms with E-state index in [0.717, 1.165) is 75.7 Å². The second kappa shape index (κ2) is 9.55. The van der Waals surface area contributed by atoms with E-state index < -0.39 is 0 Å². The number of hydrogen-bond acceptors (Lipinski definition) is 8. The second-order valence-electron chi connectivity index (χ2n) is 9.02. The van der Waals surface area contributed by atoms with Gasteiger partial charge in [-0.3, -0.25) is 0 Å². The van der Waals surface area contributed by atoms with E-state index in [0.29, 0.717) is 5.75 Å². The van der Waals surface area contributed by atoms with Gasteiger partial charge in [-0.2, -0.15) is 0 Å². The Morgan fingerprint density at radius 2 is 1.86 bits per heavy atom. The molecule has 0 bridgehead atoms. The van der Waals surface area contributed by atoms with Crippen molar-refractivity contribution in [1.29, 1.82) is 0 Å². The Balaban J connectivity index is 1.13. The van der Waals surface area contributed by atoms with Gasteiger partial charge in [0.1, 0.15) is 17.8 Å². The average molecular weight is 522 g/mol. The molecule has 36 heavy (non-hydrogen) atoms. The van der Waals surface area contributed by atoms with Gasteiger partial charge in [0, 0.05) is 54.3 Å². The van der Waals surface area contributed by atoms with Crippen LogP contribution in [0.3, 0.4) is 0 Å². The monoisotopic (exact) mass is 521 g/mol. The van der Waals surface area contributed by atoms with E-state index >= 15 is 0 Å². The number of fused-ring (bicyclic) bond motifs is 3. The SMILES string of the molecule is COc1cc2c(cc1O)[nH]c1ncnc(N3CCN(C(=S)Nc4ccc(NSC5CC5)cc4)CC3)c12. The van der Waals surface area contributed by atoms with E-state index in [1.165, 1.54) is 12.8 Å². The van der Waals surface area contributed by atoms with Gasteiger partial charge in [0.2, 0.25) is 0 Å². The van der Waals surface area contributed by atoms with Gasteiger partial charge >= 0.3 is 0 Å². The molecular weight excluding hydrogens is 494 g/mol. The van der Waals surface area contributed by atoms with Crippen molar-refractivity contribution in [3.63, 3.8) is 0 Å². The van der Waals surface area contributed by atoms with Crippen LogP contribution in [0, 0.1) is 0 Å². The number of rotatable bonds is 6. The third-order valence-corrected chi connectivity index (χ3v) is 8.06. The molecule has 2 aliphatic rings. The van der Waals surface area contributed by atoms with Crippen molar-refractivity contribution in [1.82, 2.24) is 19.9 Å². The Hall–Kier alpha value is -3.44. The fourth-order valence-electron chi connectivity index (χ4n) is 4.41. The molecule has 9 nitrogen and oxygen atoms in total. The maximum Gasteiger partial charge on any atom is 0.173 e. The summed E-state index contributed by atoms with van der Waals surface area (Å²) in [6.45, 7) is 3.11. The third kappa shape index (κ3) is 4.56. The fraction of sp³-hybridized carbons (Fsp3) is 0.320. The van der Waals surface area contributed by atoms with Crippen LogP contribution in [0.5, 0.6) is 11.5 Å². The highest BCUT2D eigenvalue weighted by molar-refractivity contribution is 8.01. The maximum atomic E-state index is 10.2. The first kappa shape index (κ1) is 23.0. The molecule has 0 amide bonds. The van der Waals surface area contributed by atoms with Crippen molar-refractivity contribution in [2.24, 2.45) is 0 Å². The van der Waals surface area contributed by atoms with Crippen LogP contribution in [0.2, 0.25) is 0 Å². The van der Waals surface area contributed by atoms with Crippen LogP contribution < -0.4 is 19.7 Å². The highest BCUT2D eigenvalue weighted by Crippen LogP contribution is 2.38. The number of phenols is 1. The molecule has 6 rings (SSSR count). The first-order valence-corrected chi connectivity index (χ1v) is 13.2. The predicted molar refractivity (Wildman–Crippen MR) is 150 cm³/mol. The van der Waals surface area contributed by atoms with Crippen LogP contribution in [0.4, 0.5) is 17.2 Å². The van der Waals surface area contributed by atoms with Gasteiger partial charge in [-0.1, -0.05) is 0 Å². The molecule has 3 heterocycles. The number of piperazine rings is 1. The summed E-state index contributed by atoms with van der Waals surface area (Å²) in [5, 5.41) is 16.9. The number of phenolic OH excluding ortho intramolecular Hbond substituents is 1. The van der Waals surface area contributed by atoms with Crippen molar-refractivity contribution >= 4 is 68.4 Å². The highest BCUT2D eigenvalue weighted by atomic mass is 32.2. The number of aromatic amines is 1. The third-order valence-electron chi connectivity index (χ3n) is 6.54. The zero-order chi connectivity index (χ0) is 24.6. The molecule has 186 valence electrons. The van der Waals surface area contributed by atoms with E-state index in [2.05, 4.69) is 59.1 Å². The smallest absolute Gasteiger partial charge is 0.173 e. The Morgan fingerprint density at radius 3 is 2.58 bits per heavy atom. The number of anilines is 3. The summed E-state index contributed by atoms with van der Waals surface area (Å²) in [4.78, 5) is 16.8. The minimum atomic E-state index is 0.0868. The molecule has 0 unspecified atom stereocenters. The van der Waals surface area contributed by atoms with Gasteiger partial charge in [-0.05, 0) is 67.3 Å². The van der Waals surface area contributed by atoms with Gasteiger partial charge in [0.05, 0.1) is 18.0 Å². The van der Waals surface area contributed by atoms with Gasteiger partial charge in [-0.25, -0.2) is 9.97 Å². The minimum absolute atomic E-state index is 0.0868.